The highest BCUT2D eigenvalue weighted by atomic mass is 16.5. The third-order valence-corrected chi connectivity index (χ3v) is 2.30. The number of hydrogen-bond acceptors (Lipinski definition) is 7. The fourth-order valence-corrected chi connectivity index (χ4v) is 1.44. The molecule has 7 heteroatoms. The first-order valence-corrected chi connectivity index (χ1v) is 6.00. The van der Waals surface area contributed by atoms with Crippen molar-refractivity contribution in [3.63, 3.8) is 0 Å². The number of nitrogens with one attached hydrogen (secondary N) is 1. The first kappa shape index (κ1) is 13.5. The van der Waals surface area contributed by atoms with Crippen LogP contribution < -0.4 is 14.8 Å². The molecule has 1 N–H and O–H groups in total. The first-order chi connectivity index (χ1) is 9.76. The molecule has 1 aromatic heterocycles. The lowest BCUT2D eigenvalue weighted by Gasteiger charge is -2.08. The van der Waals surface area contributed by atoms with Crippen molar-refractivity contribution in [1.82, 2.24) is 15.0 Å². The quantitative estimate of drug-likeness (QED) is 0.888. The van der Waals surface area contributed by atoms with E-state index in [1.54, 1.807) is 31.3 Å². The Morgan fingerprint density at radius 2 is 1.95 bits per heavy atom. The third kappa shape index (κ3) is 3.11. The SMILES string of the molecule is CCOc1nc(NC)nc(Oc2ccccc2C#N)n1. The van der Waals surface area contributed by atoms with Gasteiger partial charge in [0.2, 0.25) is 5.95 Å². The average molecular weight is 271 g/mol. The Morgan fingerprint density at radius 1 is 1.20 bits per heavy atom. The summed E-state index contributed by atoms with van der Waals surface area (Å²) in [5, 5.41) is 11.8. The fraction of sp³-hybridized carbons (Fsp3) is 0.231. The lowest BCUT2D eigenvalue weighted by molar-refractivity contribution is 0.304. The first-order valence-electron chi connectivity index (χ1n) is 6.00. The number of aromatic nitrogens is 3. The Hall–Kier alpha value is -2.88. The Bertz CT molecular complexity index is 639. The van der Waals surface area contributed by atoms with Gasteiger partial charge in [-0.15, -0.1) is 4.98 Å². The molecule has 102 valence electrons. The number of hydrogen-bond donors (Lipinski definition) is 1. The van der Waals surface area contributed by atoms with Gasteiger partial charge in [0.05, 0.1) is 12.2 Å². The van der Waals surface area contributed by atoms with Gasteiger partial charge in [-0.25, -0.2) is 0 Å². The second-order valence-electron chi connectivity index (χ2n) is 3.62. The van der Waals surface area contributed by atoms with Crippen LogP contribution in [-0.4, -0.2) is 28.6 Å². The minimum Gasteiger partial charge on any atom is -0.464 e. The Kier molecular flexibility index (Phi) is 4.29. The summed E-state index contributed by atoms with van der Waals surface area (Å²) in [4.78, 5) is 12.1. The zero-order chi connectivity index (χ0) is 14.4. The van der Waals surface area contributed by atoms with E-state index in [2.05, 4.69) is 20.3 Å². The van der Waals surface area contributed by atoms with E-state index in [1.165, 1.54) is 0 Å². The lowest BCUT2D eigenvalue weighted by Crippen LogP contribution is -2.05. The van der Waals surface area contributed by atoms with Crippen molar-refractivity contribution in [1.29, 1.82) is 5.26 Å². The second-order valence-corrected chi connectivity index (χ2v) is 3.62. The van der Waals surface area contributed by atoms with Crippen LogP contribution in [-0.2, 0) is 0 Å². The smallest absolute Gasteiger partial charge is 0.330 e. The van der Waals surface area contributed by atoms with Crippen LogP contribution in [0.4, 0.5) is 5.95 Å². The molecule has 0 aliphatic rings. The number of para-hydroxylation sites is 1. The molecule has 0 saturated heterocycles. The molecule has 2 aromatic rings. The van der Waals surface area contributed by atoms with Crippen molar-refractivity contribution in [3.05, 3.63) is 29.8 Å². The Balaban J connectivity index is 2.33. The van der Waals surface area contributed by atoms with E-state index in [9.17, 15) is 0 Å². The van der Waals surface area contributed by atoms with E-state index < -0.39 is 0 Å². The van der Waals surface area contributed by atoms with Gasteiger partial charge in [0.15, 0.2) is 0 Å². The number of anilines is 1. The van der Waals surface area contributed by atoms with Crippen LogP contribution in [0.15, 0.2) is 24.3 Å². The molecule has 0 unspecified atom stereocenters. The van der Waals surface area contributed by atoms with Gasteiger partial charge in [-0.3, -0.25) is 0 Å². The molecule has 0 saturated carbocycles. The van der Waals surface area contributed by atoms with Crippen molar-refractivity contribution in [3.8, 4) is 23.8 Å². The maximum Gasteiger partial charge on any atom is 0.330 e. The molecule has 1 heterocycles. The van der Waals surface area contributed by atoms with Gasteiger partial charge >= 0.3 is 12.0 Å². The molecule has 0 atom stereocenters. The zero-order valence-electron chi connectivity index (χ0n) is 11.1. The molecule has 0 radical (unpaired) electrons. The van der Waals surface area contributed by atoms with Gasteiger partial charge in [0.25, 0.3) is 0 Å². The number of rotatable bonds is 5. The van der Waals surface area contributed by atoms with Gasteiger partial charge in [-0.05, 0) is 19.1 Å². The van der Waals surface area contributed by atoms with Crippen LogP contribution in [0.2, 0.25) is 0 Å². The van der Waals surface area contributed by atoms with Crippen LogP contribution in [0, 0.1) is 11.3 Å². The maximum absolute atomic E-state index is 9.02. The van der Waals surface area contributed by atoms with E-state index in [0.717, 1.165) is 0 Å². The van der Waals surface area contributed by atoms with Crippen molar-refractivity contribution < 1.29 is 9.47 Å². The van der Waals surface area contributed by atoms with Gasteiger partial charge in [0.1, 0.15) is 11.8 Å². The molecule has 0 aliphatic heterocycles. The highest BCUT2D eigenvalue weighted by Crippen LogP contribution is 2.23. The molecule has 2 rings (SSSR count). The molecule has 0 amide bonds. The molecule has 0 aliphatic carbocycles. The number of nitriles is 1. The molecule has 0 spiro atoms. The predicted octanol–water partition coefficient (Wildman–Crippen LogP) is 1.98. The number of ether oxygens (including phenoxy) is 2. The van der Waals surface area contributed by atoms with Crippen molar-refractivity contribution >= 4 is 5.95 Å². The number of benzene rings is 1. The lowest BCUT2D eigenvalue weighted by atomic mass is 10.2. The van der Waals surface area contributed by atoms with E-state index in [1.807, 2.05) is 13.0 Å². The average Bonchev–Trinajstić information content (AvgIpc) is 2.48. The topological polar surface area (TPSA) is 93.0 Å². The van der Waals surface area contributed by atoms with Gasteiger partial charge < -0.3 is 14.8 Å². The van der Waals surface area contributed by atoms with Gasteiger partial charge in [0, 0.05) is 7.05 Å². The van der Waals surface area contributed by atoms with Crippen molar-refractivity contribution in [2.75, 3.05) is 19.0 Å². The molecule has 7 nitrogen and oxygen atoms in total. The molecular weight excluding hydrogens is 258 g/mol. The highest BCUT2D eigenvalue weighted by molar-refractivity contribution is 5.44. The minimum atomic E-state index is 0.0653. The summed E-state index contributed by atoms with van der Waals surface area (Å²) in [5.74, 6) is 0.707. The maximum atomic E-state index is 9.02. The van der Waals surface area contributed by atoms with E-state index in [0.29, 0.717) is 23.9 Å². The number of nitrogens with zero attached hydrogens (tertiary/aromatic N) is 4. The summed E-state index contributed by atoms with van der Waals surface area (Å²) in [5.41, 5.74) is 0.400. The van der Waals surface area contributed by atoms with Crippen LogP contribution in [0.3, 0.4) is 0 Å². The summed E-state index contributed by atoms with van der Waals surface area (Å²) in [6.45, 7) is 2.26. The zero-order valence-corrected chi connectivity index (χ0v) is 11.1. The summed E-state index contributed by atoms with van der Waals surface area (Å²) in [7, 11) is 1.68. The van der Waals surface area contributed by atoms with E-state index in [-0.39, 0.29) is 12.0 Å². The van der Waals surface area contributed by atoms with Crippen LogP contribution in [0.1, 0.15) is 12.5 Å². The third-order valence-electron chi connectivity index (χ3n) is 2.30. The highest BCUT2D eigenvalue weighted by Gasteiger charge is 2.10. The summed E-state index contributed by atoms with van der Waals surface area (Å²) < 4.78 is 10.8. The second kappa shape index (κ2) is 6.33. The molecule has 20 heavy (non-hydrogen) atoms. The molecule has 0 fully saturated rings. The monoisotopic (exact) mass is 271 g/mol. The van der Waals surface area contributed by atoms with Crippen LogP contribution in [0.25, 0.3) is 0 Å². The molecule has 1 aromatic carbocycles. The summed E-state index contributed by atoms with van der Waals surface area (Å²) >= 11 is 0. The van der Waals surface area contributed by atoms with Crippen molar-refractivity contribution in [2.45, 2.75) is 6.92 Å². The summed E-state index contributed by atoms with van der Waals surface area (Å²) in [6, 6.07) is 9.11. The van der Waals surface area contributed by atoms with Crippen LogP contribution in [0.5, 0.6) is 17.8 Å². The minimum absolute atomic E-state index is 0.0653. The predicted molar refractivity (Wildman–Crippen MR) is 71.8 cm³/mol. The fourth-order valence-electron chi connectivity index (χ4n) is 1.44. The van der Waals surface area contributed by atoms with Crippen molar-refractivity contribution in [2.24, 2.45) is 0 Å². The van der Waals surface area contributed by atoms with Gasteiger partial charge in [-0.2, -0.15) is 15.2 Å². The summed E-state index contributed by atoms with van der Waals surface area (Å²) in [6.07, 6.45) is 0. The van der Waals surface area contributed by atoms with Gasteiger partial charge in [-0.1, -0.05) is 12.1 Å². The normalized spacial score (nSPS) is 9.65. The van der Waals surface area contributed by atoms with Crippen LogP contribution >= 0.6 is 0 Å². The Labute approximate surface area is 116 Å². The van der Waals surface area contributed by atoms with E-state index >= 15 is 0 Å². The molecule has 0 bridgehead atoms. The Morgan fingerprint density at radius 3 is 2.65 bits per heavy atom. The standard InChI is InChI=1S/C13H13N5O2/c1-3-19-12-16-11(15-2)17-13(18-12)20-10-7-5-4-6-9(10)8-14/h4-7H,3H2,1-2H3,(H,15,16,17,18). The van der Waals surface area contributed by atoms with E-state index in [4.69, 9.17) is 14.7 Å². The molecular formula is C13H13N5O2. The largest absolute Gasteiger partial charge is 0.464 e.